The van der Waals surface area contributed by atoms with E-state index in [1.165, 1.54) is 0 Å². The summed E-state index contributed by atoms with van der Waals surface area (Å²) in [6.07, 6.45) is 2.29. The molecular weight excluding hydrogens is 230 g/mol. The van der Waals surface area contributed by atoms with E-state index in [1.807, 2.05) is 11.8 Å². The van der Waals surface area contributed by atoms with Crippen LogP contribution in [-0.2, 0) is 4.79 Å². The molecule has 0 saturated carbocycles. The molecule has 0 aliphatic carbocycles. The van der Waals surface area contributed by atoms with Crippen LogP contribution in [0.5, 0.6) is 0 Å². The number of alkyl halides is 1. The number of likely N-dealkylation sites (tertiary alicyclic amines) is 1. The Morgan fingerprint density at radius 1 is 1.54 bits per heavy atom. The molecule has 1 heterocycles. The second kappa shape index (κ2) is 4.45. The van der Waals surface area contributed by atoms with Crippen LogP contribution < -0.4 is 0 Å². The van der Waals surface area contributed by atoms with Gasteiger partial charge in [0, 0.05) is 12.6 Å². The third-order valence-corrected chi connectivity index (χ3v) is 3.15. The van der Waals surface area contributed by atoms with Gasteiger partial charge in [0.25, 0.3) is 0 Å². The highest BCUT2D eigenvalue weighted by atomic mass is 79.9. The summed E-state index contributed by atoms with van der Waals surface area (Å²) in [4.78, 5) is 13.7. The normalized spacial score (nSPS) is 31.5. The number of rotatable bonds is 1. The minimum absolute atomic E-state index is 0.0386. The fourth-order valence-electron chi connectivity index (χ4n) is 1.96. The monoisotopic (exact) mass is 247 g/mol. The molecule has 0 radical (unpaired) electrons. The maximum atomic E-state index is 11.7. The molecule has 0 aromatic rings. The standard InChI is InChI=1S/C10H18BrNO/c1-7-4-5-12(8(2)6-7)10(13)9(3)11/h7-9H,4-6H2,1-3H3. The van der Waals surface area contributed by atoms with Gasteiger partial charge in [-0.3, -0.25) is 4.79 Å². The van der Waals surface area contributed by atoms with E-state index < -0.39 is 0 Å². The Bertz CT molecular complexity index is 193. The largest absolute Gasteiger partial charge is 0.339 e. The summed E-state index contributed by atoms with van der Waals surface area (Å²) < 4.78 is 0. The van der Waals surface area contributed by atoms with Crippen molar-refractivity contribution in [1.29, 1.82) is 0 Å². The summed E-state index contributed by atoms with van der Waals surface area (Å²) in [5.74, 6) is 1.00. The SMILES string of the molecule is CC1CCN(C(=O)C(C)Br)C(C)C1. The Labute approximate surface area is 88.8 Å². The van der Waals surface area contributed by atoms with Crippen molar-refractivity contribution in [2.75, 3.05) is 6.54 Å². The maximum absolute atomic E-state index is 11.7. The average Bonchev–Trinajstić information content (AvgIpc) is 2.03. The zero-order chi connectivity index (χ0) is 10.0. The zero-order valence-electron chi connectivity index (χ0n) is 8.59. The van der Waals surface area contributed by atoms with Gasteiger partial charge in [-0.1, -0.05) is 22.9 Å². The quantitative estimate of drug-likeness (QED) is 0.652. The number of nitrogens with zero attached hydrogens (tertiary/aromatic N) is 1. The van der Waals surface area contributed by atoms with Crippen LogP contribution in [0.1, 0.15) is 33.6 Å². The summed E-state index contributed by atoms with van der Waals surface area (Å²) in [6, 6.07) is 0.413. The Kier molecular flexibility index (Phi) is 3.77. The Hall–Kier alpha value is -0.0500. The molecule has 1 rings (SSSR count). The molecule has 0 aromatic heterocycles. The van der Waals surface area contributed by atoms with Gasteiger partial charge in [0.15, 0.2) is 0 Å². The predicted octanol–water partition coefficient (Wildman–Crippen LogP) is 2.42. The van der Waals surface area contributed by atoms with Crippen LogP contribution in [0.3, 0.4) is 0 Å². The number of carbonyl (C=O) groups excluding carboxylic acids is 1. The molecule has 2 nitrogen and oxygen atoms in total. The molecule has 1 aliphatic heterocycles. The van der Waals surface area contributed by atoms with Crippen molar-refractivity contribution in [3.05, 3.63) is 0 Å². The molecule has 0 aromatic carbocycles. The number of carbonyl (C=O) groups is 1. The highest BCUT2D eigenvalue weighted by molar-refractivity contribution is 9.10. The van der Waals surface area contributed by atoms with E-state index in [0.29, 0.717) is 6.04 Å². The van der Waals surface area contributed by atoms with Gasteiger partial charge in [0.05, 0.1) is 4.83 Å². The lowest BCUT2D eigenvalue weighted by atomic mass is 9.93. The first-order valence-corrected chi connectivity index (χ1v) is 5.88. The van der Waals surface area contributed by atoms with Crippen LogP contribution in [-0.4, -0.2) is 28.2 Å². The van der Waals surface area contributed by atoms with Crippen LogP contribution in [0.2, 0.25) is 0 Å². The highest BCUT2D eigenvalue weighted by Gasteiger charge is 2.28. The average molecular weight is 248 g/mol. The van der Waals surface area contributed by atoms with Crippen molar-refractivity contribution in [1.82, 2.24) is 4.90 Å². The lowest BCUT2D eigenvalue weighted by Crippen LogP contribution is -2.46. The van der Waals surface area contributed by atoms with E-state index in [1.54, 1.807) is 0 Å². The van der Waals surface area contributed by atoms with Gasteiger partial charge in [-0.2, -0.15) is 0 Å². The first-order valence-electron chi connectivity index (χ1n) is 4.97. The molecule has 0 N–H and O–H groups in total. The molecule has 3 atom stereocenters. The molecule has 3 heteroatoms. The van der Waals surface area contributed by atoms with Crippen LogP contribution in [0.25, 0.3) is 0 Å². The molecule has 1 saturated heterocycles. The van der Waals surface area contributed by atoms with E-state index >= 15 is 0 Å². The third kappa shape index (κ3) is 2.70. The summed E-state index contributed by atoms with van der Waals surface area (Å²) in [5.41, 5.74) is 0. The van der Waals surface area contributed by atoms with Gasteiger partial charge in [0.2, 0.25) is 5.91 Å². The number of hydrogen-bond acceptors (Lipinski definition) is 1. The van der Waals surface area contributed by atoms with Crippen LogP contribution in [0.4, 0.5) is 0 Å². The number of piperidine rings is 1. The Balaban J connectivity index is 2.56. The van der Waals surface area contributed by atoms with Gasteiger partial charge >= 0.3 is 0 Å². The fraction of sp³-hybridized carbons (Fsp3) is 0.900. The molecule has 1 amide bonds. The Morgan fingerprint density at radius 2 is 2.15 bits per heavy atom. The topological polar surface area (TPSA) is 20.3 Å². The fourth-order valence-corrected chi connectivity index (χ4v) is 2.23. The molecular formula is C10H18BrNO. The zero-order valence-corrected chi connectivity index (χ0v) is 10.2. The van der Waals surface area contributed by atoms with Crippen molar-refractivity contribution in [3.63, 3.8) is 0 Å². The van der Waals surface area contributed by atoms with Crippen molar-refractivity contribution in [3.8, 4) is 0 Å². The number of halogens is 1. The van der Waals surface area contributed by atoms with Crippen LogP contribution in [0, 0.1) is 5.92 Å². The number of hydrogen-bond donors (Lipinski definition) is 0. The lowest BCUT2D eigenvalue weighted by molar-refractivity contribution is -0.133. The van der Waals surface area contributed by atoms with E-state index in [9.17, 15) is 4.79 Å². The van der Waals surface area contributed by atoms with E-state index in [0.717, 1.165) is 25.3 Å². The number of amides is 1. The molecule has 76 valence electrons. The highest BCUT2D eigenvalue weighted by Crippen LogP contribution is 2.23. The Morgan fingerprint density at radius 3 is 2.62 bits per heavy atom. The van der Waals surface area contributed by atoms with Gasteiger partial charge in [0.1, 0.15) is 0 Å². The minimum atomic E-state index is -0.0386. The summed E-state index contributed by atoms with van der Waals surface area (Å²) in [5, 5.41) is 0. The summed E-state index contributed by atoms with van der Waals surface area (Å²) in [7, 11) is 0. The minimum Gasteiger partial charge on any atom is -0.339 e. The van der Waals surface area contributed by atoms with Gasteiger partial charge in [-0.15, -0.1) is 0 Å². The molecule has 3 unspecified atom stereocenters. The molecule has 1 aliphatic rings. The molecule has 0 spiro atoms. The van der Waals surface area contributed by atoms with E-state index in [-0.39, 0.29) is 10.7 Å². The first kappa shape index (κ1) is 11.0. The van der Waals surface area contributed by atoms with Crippen molar-refractivity contribution in [2.45, 2.75) is 44.5 Å². The molecule has 1 fully saturated rings. The van der Waals surface area contributed by atoms with Crippen molar-refractivity contribution >= 4 is 21.8 Å². The summed E-state index contributed by atoms with van der Waals surface area (Å²) in [6.45, 7) is 7.23. The summed E-state index contributed by atoms with van der Waals surface area (Å²) >= 11 is 3.33. The maximum Gasteiger partial charge on any atom is 0.236 e. The van der Waals surface area contributed by atoms with E-state index in [4.69, 9.17) is 0 Å². The smallest absolute Gasteiger partial charge is 0.236 e. The molecule has 13 heavy (non-hydrogen) atoms. The van der Waals surface area contributed by atoms with Gasteiger partial charge in [-0.25, -0.2) is 0 Å². The van der Waals surface area contributed by atoms with E-state index in [2.05, 4.69) is 29.8 Å². The molecule has 0 bridgehead atoms. The lowest BCUT2D eigenvalue weighted by Gasteiger charge is -2.37. The van der Waals surface area contributed by atoms with Gasteiger partial charge in [-0.05, 0) is 32.6 Å². The third-order valence-electron chi connectivity index (χ3n) is 2.76. The van der Waals surface area contributed by atoms with Crippen LogP contribution >= 0.6 is 15.9 Å². The second-order valence-corrected chi connectivity index (χ2v) is 5.50. The van der Waals surface area contributed by atoms with Crippen LogP contribution in [0.15, 0.2) is 0 Å². The predicted molar refractivity (Wildman–Crippen MR) is 58.0 cm³/mol. The second-order valence-electron chi connectivity index (χ2n) is 4.13. The first-order chi connectivity index (χ1) is 6.02. The van der Waals surface area contributed by atoms with Crippen molar-refractivity contribution in [2.24, 2.45) is 5.92 Å². The van der Waals surface area contributed by atoms with Crippen molar-refractivity contribution < 1.29 is 4.79 Å². The van der Waals surface area contributed by atoms with Gasteiger partial charge < -0.3 is 4.90 Å².